The summed E-state index contributed by atoms with van der Waals surface area (Å²) in [6.07, 6.45) is 0.0329. The van der Waals surface area contributed by atoms with Crippen LogP contribution >= 0.6 is 0 Å². The second-order valence-electron chi connectivity index (χ2n) is 4.09. The van der Waals surface area contributed by atoms with Gasteiger partial charge < -0.3 is 9.47 Å². The van der Waals surface area contributed by atoms with Crippen LogP contribution in [0.4, 0.5) is 0 Å². The van der Waals surface area contributed by atoms with E-state index in [4.69, 9.17) is 9.47 Å². The molecule has 0 amide bonds. The van der Waals surface area contributed by atoms with Gasteiger partial charge in [-0.3, -0.25) is 0 Å². The second-order valence-corrected chi connectivity index (χ2v) is 4.09. The van der Waals surface area contributed by atoms with Gasteiger partial charge in [-0.2, -0.15) is 0 Å². The Kier molecular flexibility index (Phi) is 3.93. The minimum atomic E-state index is -0.362. The maximum absolute atomic E-state index is 11.6. The average molecular weight is 222 g/mol. The molecule has 16 heavy (non-hydrogen) atoms. The molecule has 0 atom stereocenters. The van der Waals surface area contributed by atoms with Crippen LogP contribution < -0.4 is 4.74 Å². The molecule has 0 spiro atoms. The van der Waals surface area contributed by atoms with E-state index in [-0.39, 0.29) is 12.1 Å². The molecule has 1 aromatic rings. The molecule has 0 aliphatic rings. The van der Waals surface area contributed by atoms with Gasteiger partial charge in [-0.1, -0.05) is 0 Å². The Morgan fingerprint density at radius 3 is 2.25 bits per heavy atom. The van der Waals surface area contributed by atoms with E-state index in [2.05, 4.69) is 0 Å². The monoisotopic (exact) mass is 222 g/mol. The predicted octanol–water partition coefficient (Wildman–Crippen LogP) is 2.88. The van der Waals surface area contributed by atoms with Crippen molar-refractivity contribution in [2.24, 2.45) is 0 Å². The lowest BCUT2D eigenvalue weighted by Crippen LogP contribution is -2.11. The van der Waals surface area contributed by atoms with Crippen LogP contribution in [0.25, 0.3) is 0 Å². The molecular formula is C13H18O3. The van der Waals surface area contributed by atoms with Crippen LogP contribution in [0.2, 0.25) is 0 Å². The van der Waals surface area contributed by atoms with Gasteiger partial charge in [0.1, 0.15) is 11.3 Å². The Hall–Kier alpha value is -1.51. The largest absolute Gasteiger partial charge is 0.490 e. The second kappa shape index (κ2) is 5.01. The highest BCUT2D eigenvalue weighted by Crippen LogP contribution is 2.25. The lowest BCUT2D eigenvalue weighted by Gasteiger charge is -2.15. The van der Waals surface area contributed by atoms with Gasteiger partial charge >= 0.3 is 5.97 Å². The maximum atomic E-state index is 11.6. The van der Waals surface area contributed by atoms with E-state index < -0.39 is 0 Å². The van der Waals surface area contributed by atoms with Crippen LogP contribution in [0.5, 0.6) is 5.75 Å². The van der Waals surface area contributed by atoms with Gasteiger partial charge in [0.05, 0.1) is 13.2 Å². The van der Waals surface area contributed by atoms with Crippen molar-refractivity contribution in [1.29, 1.82) is 0 Å². The van der Waals surface area contributed by atoms with Gasteiger partial charge in [-0.25, -0.2) is 4.79 Å². The number of ether oxygens (including phenoxy) is 2. The van der Waals surface area contributed by atoms with Crippen LogP contribution in [0.3, 0.4) is 0 Å². The molecule has 0 saturated carbocycles. The van der Waals surface area contributed by atoms with Crippen molar-refractivity contribution in [3.63, 3.8) is 0 Å². The highest BCUT2D eigenvalue weighted by molar-refractivity contribution is 5.92. The molecule has 0 heterocycles. The van der Waals surface area contributed by atoms with E-state index in [0.717, 1.165) is 11.1 Å². The summed E-state index contributed by atoms with van der Waals surface area (Å²) in [7, 11) is 1.37. The molecule has 0 aliphatic heterocycles. The molecular weight excluding hydrogens is 204 g/mol. The summed E-state index contributed by atoms with van der Waals surface area (Å²) in [6.45, 7) is 7.80. The standard InChI is InChI=1S/C13H18O3/c1-8(2)16-12-7-10(4)9(3)6-11(12)13(14)15-5/h6-8H,1-5H3. The van der Waals surface area contributed by atoms with E-state index in [9.17, 15) is 4.79 Å². The topological polar surface area (TPSA) is 35.5 Å². The molecule has 0 radical (unpaired) electrons. The van der Waals surface area contributed by atoms with Crippen molar-refractivity contribution in [2.45, 2.75) is 33.8 Å². The lowest BCUT2D eigenvalue weighted by molar-refractivity contribution is 0.0594. The third-order valence-corrected chi connectivity index (χ3v) is 2.36. The fourth-order valence-corrected chi connectivity index (χ4v) is 1.41. The molecule has 0 unspecified atom stereocenters. The molecule has 1 aromatic carbocycles. The number of hydrogen-bond donors (Lipinski definition) is 0. The quantitative estimate of drug-likeness (QED) is 0.738. The fraction of sp³-hybridized carbons (Fsp3) is 0.462. The molecule has 0 bridgehead atoms. The Morgan fingerprint density at radius 1 is 1.19 bits per heavy atom. The van der Waals surface area contributed by atoms with E-state index in [1.807, 2.05) is 33.8 Å². The zero-order valence-corrected chi connectivity index (χ0v) is 10.5. The van der Waals surface area contributed by atoms with Gasteiger partial charge in [0.25, 0.3) is 0 Å². The molecule has 0 N–H and O–H groups in total. The Bertz CT molecular complexity index is 394. The summed E-state index contributed by atoms with van der Waals surface area (Å²) in [5.41, 5.74) is 2.64. The highest BCUT2D eigenvalue weighted by atomic mass is 16.5. The van der Waals surface area contributed by atoms with Crippen molar-refractivity contribution >= 4 is 5.97 Å². The highest BCUT2D eigenvalue weighted by Gasteiger charge is 2.15. The number of rotatable bonds is 3. The number of hydrogen-bond acceptors (Lipinski definition) is 3. The third kappa shape index (κ3) is 2.75. The van der Waals surface area contributed by atoms with Gasteiger partial charge in [0.2, 0.25) is 0 Å². The van der Waals surface area contributed by atoms with E-state index >= 15 is 0 Å². The van der Waals surface area contributed by atoms with E-state index in [1.54, 1.807) is 6.07 Å². The molecule has 1 rings (SSSR count). The van der Waals surface area contributed by atoms with Crippen molar-refractivity contribution in [2.75, 3.05) is 7.11 Å². The minimum absolute atomic E-state index is 0.0329. The fourth-order valence-electron chi connectivity index (χ4n) is 1.41. The van der Waals surface area contributed by atoms with Gasteiger partial charge in [0.15, 0.2) is 0 Å². The summed E-state index contributed by atoms with van der Waals surface area (Å²) in [5, 5.41) is 0. The van der Waals surface area contributed by atoms with Crippen molar-refractivity contribution in [3.05, 3.63) is 28.8 Å². The Morgan fingerprint density at radius 2 is 1.75 bits per heavy atom. The smallest absolute Gasteiger partial charge is 0.341 e. The van der Waals surface area contributed by atoms with Gasteiger partial charge in [-0.15, -0.1) is 0 Å². The van der Waals surface area contributed by atoms with Crippen molar-refractivity contribution < 1.29 is 14.3 Å². The lowest BCUT2D eigenvalue weighted by atomic mass is 10.1. The predicted molar refractivity (Wildman–Crippen MR) is 63.0 cm³/mol. The molecule has 88 valence electrons. The van der Waals surface area contributed by atoms with Crippen LogP contribution in [0.15, 0.2) is 12.1 Å². The number of methoxy groups -OCH3 is 1. The van der Waals surface area contributed by atoms with Gasteiger partial charge in [0, 0.05) is 0 Å². The number of esters is 1. The third-order valence-electron chi connectivity index (χ3n) is 2.36. The molecule has 0 aliphatic carbocycles. The summed E-state index contributed by atoms with van der Waals surface area (Å²) in [5.74, 6) is 0.226. The molecule has 0 fully saturated rings. The average Bonchev–Trinajstić information content (AvgIpc) is 2.21. The van der Waals surface area contributed by atoms with E-state index in [1.165, 1.54) is 7.11 Å². The van der Waals surface area contributed by atoms with Crippen LogP contribution in [0, 0.1) is 13.8 Å². The first-order valence-electron chi connectivity index (χ1n) is 5.32. The summed E-state index contributed by atoms with van der Waals surface area (Å²) >= 11 is 0. The first-order chi connectivity index (χ1) is 7.45. The van der Waals surface area contributed by atoms with Gasteiger partial charge in [-0.05, 0) is 51.0 Å². The van der Waals surface area contributed by atoms with Crippen LogP contribution in [-0.4, -0.2) is 19.2 Å². The van der Waals surface area contributed by atoms with Crippen LogP contribution in [-0.2, 0) is 4.74 Å². The first kappa shape index (κ1) is 12.6. The van der Waals surface area contributed by atoms with Crippen molar-refractivity contribution in [3.8, 4) is 5.75 Å². The minimum Gasteiger partial charge on any atom is -0.490 e. The normalized spacial score (nSPS) is 10.4. The zero-order valence-electron chi connectivity index (χ0n) is 10.5. The summed E-state index contributed by atoms with van der Waals surface area (Å²) in [4.78, 5) is 11.6. The molecule has 3 nitrogen and oxygen atoms in total. The number of aryl methyl sites for hydroxylation is 2. The van der Waals surface area contributed by atoms with Crippen LogP contribution in [0.1, 0.15) is 35.3 Å². The summed E-state index contributed by atoms with van der Waals surface area (Å²) in [6, 6.07) is 3.68. The number of carbonyl (C=O) groups excluding carboxylic acids is 1. The molecule has 3 heteroatoms. The number of carbonyl (C=O) groups is 1. The van der Waals surface area contributed by atoms with E-state index in [0.29, 0.717) is 11.3 Å². The van der Waals surface area contributed by atoms with Crippen molar-refractivity contribution in [1.82, 2.24) is 0 Å². The zero-order chi connectivity index (χ0) is 12.3. The Balaban J connectivity index is 3.21. The molecule has 0 aromatic heterocycles. The maximum Gasteiger partial charge on any atom is 0.341 e. The molecule has 0 saturated heterocycles. The first-order valence-corrected chi connectivity index (χ1v) is 5.32. The number of benzene rings is 1. The Labute approximate surface area is 96.4 Å². The SMILES string of the molecule is COC(=O)c1cc(C)c(C)cc1OC(C)C. The summed E-state index contributed by atoms with van der Waals surface area (Å²) < 4.78 is 10.3.